The minimum Gasteiger partial charge on any atom is -0.130 e. The van der Waals surface area contributed by atoms with Gasteiger partial charge in [-0.2, -0.15) is 0 Å². The first-order valence-electron chi connectivity index (χ1n) is 6.32. The molecule has 0 saturated carbocycles. The van der Waals surface area contributed by atoms with Gasteiger partial charge in [0.25, 0.3) is 0 Å². The predicted octanol–water partition coefficient (Wildman–Crippen LogP) is 2.73. The summed E-state index contributed by atoms with van der Waals surface area (Å²) in [6.45, 7) is 6.56. The van der Waals surface area contributed by atoms with E-state index in [9.17, 15) is 0 Å². The summed E-state index contributed by atoms with van der Waals surface area (Å²) in [4.78, 5) is 0. The highest BCUT2D eigenvalue weighted by Gasteiger charge is 2.17. The fourth-order valence-corrected chi connectivity index (χ4v) is 5.90. The zero-order valence-electron chi connectivity index (χ0n) is 11.2. The van der Waals surface area contributed by atoms with Crippen LogP contribution in [0.1, 0.15) is 16.7 Å². The van der Waals surface area contributed by atoms with Crippen molar-refractivity contribution in [2.45, 2.75) is 20.8 Å². The van der Waals surface area contributed by atoms with E-state index in [1.807, 2.05) is 0 Å². The van der Waals surface area contributed by atoms with Crippen molar-refractivity contribution in [3.8, 4) is 0 Å². The molecular weight excluding hydrogens is 256 g/mol. The Kier molecular flexibility index (Phi) is 4.26. The normalized spacial score (nSPS) is 12.4. The lowest BCUT2D eigenvalue weighted by atomic mass is 10.1. The summed E-state index contributed by atoms with van der Waals surface area (Å²) in [6, 6.07) is 15.4. The highest BCUT2D eigenvalue weighted by Crippen LogP contribution is 2.09. The average Bonchev–Trinajstić information content (AvgIpc) is 2.38. The van der Waals surface area contributed by atoms with Crippen LogP contribution in [0.15, 0.2) is 42.5 Å². The van der Waals surface area contributed by atoms with E-state index in [-0.39, 0.29) is 0 Å². The molecular formula is C16H19ClSi. The molecule has 2 aromatic carbocycles. The molecule has 0 radical (unpaired) electrons. The van der Waals surface area contributed by atoms with Gasteiger partial charge in [-0.25, -0.2) is 0 Å². The first-order valence-corrected chi connectivity index (χ1v) is 8.82. The molecule has 0 bridgehead atoms. The van der Waals surface area contributed by atoms with Crippen molar-refractivity contribution < 1.29 is 0 Å². The molecule has 2 heteroatoms. The molecule has 0 aliphatic carbocycles. The molecule has 1 atom stereocenters. The van der Waals surface area contributed by atoms with Gasteiger partial charge >= 0.3 is 0 Å². The minimum atomic E-state index is -1.25. The van der Waals surface area contributed by atoms with Crippen LogP contribution in [0.4, 0.5) is 0 Å². The number of rotatable bonds is 3. The van der Waals surface area contributed by atoms with Gasteiger partial charge in [-0.05, 0) is 31.9 Å². The molecule has 94 valence electrons. The van der Waals surface area contributed by atoms with Crippen LogP contribution in [-0.4, -0.2) is 14.3 Å². The fourth-order valence-electron chi connectivity index (χ4n) is 2.40. The van der Waals surface area contributed by atoms with E-state index in [0.29, 0.717) is 0 Å². The Morgan fingerprint density at radius 3 is 2.11 bits per heavy atom. The molecule has 2 rings (SSSR count). The smallest absolute Gasteiger partial charge is 0.118 e. The van der Waals surface area contributed by atoms with E-state index in [1.165, 1.54) is 27.1 Å². The molecule has 0 saturated heterocycles. The van der Waals surface area contributed by atoms with E-state index in [1.54, 1.807) is 0 Å². The largest absolute Gasteiger partial charge is 0.130 e. The number of aryl methyl sites for hydroxylation is 3. The SMILES string of the molecule is Cc1cc(C)c([SiH](CCl)c2ccccc2)cc1C. The number of benzene rings is 2. The molecule has 2 aromatic rings. The summed E-state index contributed by atoms with van der Waals surface area (Å²) in [7, 11) is -1.25. The predicted molar refractivity (Wildman–Crippen MR) is 84.2 cm³/mol. The lowest BCUT2D eigenvalue weighted by molar-refractivity contribution is 1.32. The fraction of sp³-hybridized carbons (Fsp3) is 0.250. The van der Waals surface area contributed by atoms with Gasteiger partial charge in [-0.1, -0.05) is 58.4 Å². The van der Waals surface area contributed by atoms with Gasteiger partial charge in [0.15, 0.2) is 0 Å². The lowest BCUT2D eigenvalue weighted by Crippen LogP contribution is -2.45. The zero-order chi connectivity index (χ0) is 13.1. The van der Waals surface area contributed by atoms with E-state index in [2.05, 4.69) is 63.2 Å². The van der Waals surface area contributed by atoms with Crippen LogP contribution in [0.5, 0.6) is 0 Å². The third kappa shape index (κ3) is 2.68. The van der Waals surface area contributed by atoms with Crippen LogP contribution < -0.4 is 10.4 Å². The molecule has 0 aliphatic rings. The maximum absolute atomic E-state index is 6.26. The molecule has 18 heavy (non-hydrogen) atoms. The monoisotopic (exact) mass is 274 g/mol. The quantitative estimate of drug-likeness (QED) is 0.596. The van der Waals surface area contributed by atoms with Gasteiger partial charge in [0.1, 0.15) is 8.80 Å². The molecule has 0 N–H and O–H groups in total. The first-order chi connectivity index (χ1) is 8.63. The summed E-state index contributed by atoms with van der Waals surface area (Å²) < 4.78 is 0. The second-order valence-corrected chi connectivity index (χ2v) is 8.54. The summed E-state index contributed by atoms with van der Waals surface area (Å²) in [5.41, 5.74) is 4.88. The van der Waals surface area contributed by atoms with Crippen LogP contribution >= 0.6 is 11.6 Å². The Labute approximate surface area is 116 Å². The molecule has 0 aromatic heterocycles. The molecule has 0 fully saturated rings. The van der Waals surface area contributed by atoms with Crippen LogP contribution in [0.3, 0.4) is 0 Å². The van der Waals surface area contributed by atoms with Gasteiger partial charge in [-0.15, -0.1) is 11.6 Å². The van der Waals surface area contributed by atoms with Gasteiger partial charge in [0.05, 0.1) is 0 Å². The van der Waals surface area contributed by atoms with E-state index < -0.39 is 8.80 Å². The van der Waals surface area contributed by atoms with Crippen LogP contribution in [0.25, 0.3) is 0 Å². The van der Waals surface area contributed by atoms with Gasteiger partial charge in [0, 0.05) is 5.50 Å². The van der Waals surface area contributed by atoms with Crippen molar-refractivity contribution in [2.75, 3.05) is 5.50 Å². The van der Waals surface area contributed by atoms with Crippen molar-refractivity contribution in [2.24, 2.45) is 0 Å². The Hall–Kier alpha value is -1.05. The maximum Gasteiger partial charge on any atom is 0.118 e. The van der Waals surface area contributed by atoms with Crippen LogP contribution in [-0.2, 0) is 0 Å². The van der Waals surface area contributed by atoms with E-state index in [4.69, 9.17) is 11.6 Å². The Balaban J connectivity index is 2.49. The van der Waals surface area contributed by atoms with Crippen LogP contribution in [0.2, 0.25) is 0 Å². The highest BCUT2D eigenvalue weighted by molar-refractivity contribution is 6.89. The van der Waals surface area contributed by atoms with Gasteiger partial charge in [-0.3, -0.25) is 0 Å². The molecule has 0 spiro atoms. The number of hydrogen-bond donors (Lipinski definition) is 0. The Morgan fingerprint density at radius 2 is 1.50 bits per heavy atom. The summed E-state index contributed by atoms with van der Waals surface area (Å²) in [5, 5.41) is 2.91. The summed E-state index contributed by atoms with van der Waals surface area (Å²) in [6.07, 6.45) is 0. The van der Waals surface area contributed by atoms with Crippen molar-refractivity contribution in [3.63, 3.8) is 0 Å². The molecule has 0 nitrogen and oxygen atoms in total. The second-order valence-electron chi connectivity index (χ2n) is 4.91. The van der Waals surface area contributed by atoms with Crippen molar-refractivity contribution >= 4 is 30.8 Å². The molecule has 0 aliphatic heterocycles. The number of alkyl halides is 1. The number of halogens is 1. The van der Waals surface area contributed by atoms with Crippen molar-refractivity contribution in [3.05, 3.63) is 59.2 Å². The summed E-state index contributed by atoms with van der Waals surface area (Å²) >= 11 is 6.26. The minimum absolute atomic E-state index is 0.757. The topological polar surface area (TPSA) is 0 Å². The van der Waals surface area contributed by atoms with Gasteiger partial charge < -0.3 is 0 Å². The van der Waals surface area contributed by atoms with E-state index >= 15 is 0 Å². The highest BCUT2D eigenvalue weighted by atomic mass is 35.5. The maximum atomic E-state index is 6.26. The average molecular weight is 275 g/mol. The third-order valence-electron chi connectivity index (χ3n) is 3.61. The summed E-state index contributed by atoms with van der Waals surface area (Å²) in [5.74, 6) is 0. The first kappa shape index (κ1) is 13.4. The van der Waals surface area contributed by atoms with Crippen LogP contribution in [0, 0.1) is 20.8 Å². The zero-order valence-corrected chi connectivity index (χ0v) is 13.1. The molecule has 0 amide bonds. The molecule has 1 unspecified atom stereocenters. The van der Waals surface area contributed by atoms with Crippen molar-refractivity contribution in [1.29, 1.82) is 0 Å². The second kappa shape index (κ2) is 5.72. The van der Waals surface area contributed by atoms with E-state index in [0.717, 1.165) is 5.50 Å². The van der Waals surface area contributed by atoms with Crippen molar-refractivity contribution in [1.82, 2.24) is 0 Å². The Morgan fingerprint density at radius 1 is 0.889 bits per heavy atom. The number of hydrogen-bond acceptors (Lipinski definition) is 0. The lowest BCUT2D eigenvalue weighted by Gasteiger charge is -2.18. The molecule has 0 heterocycles. The third-order valence-corrected chi connectivity index (χ3v) is 7.41. The standard InChI is InChI=1S/C16H19ClSi/c1-12-9-14(3)16(10-13(12)2)18(11-17)15-7-5-4-6-8-15/h4-10,18H,11H2,1-3H3. The van der Waals surface area contributed by atoms with Gasteiger partial charge in [0.2, 0.25) is 0 Å². The Bertz CT molecular complexity index is 534.